The first-order valence-corrected chi connectivity index (χ1v) is 4.07. The Balaban J connectivity index is 2.93. The van der Waals surface area contributed by atoms with Gasteiger partial charge in [0.1, 0.15) is 0 Å². The molecule has 0 heterocycles. The van der Waals surface area contributed by atoms with Crippen molar-refractivity contribution in [3.63, 3.8) is 0 Å². The number of Topliss-reactive ketones (excluding diaryl/α,β-unsaturated/α-hetero) is 1. The highest BCUT2D eigenvalue weighted by atomic mass is 16.6. The Kier molecular flexibility index (Phi) is 3.30. The van der Waals surface area contributed by atoms with Gasteiger partial charge in [0.15, 0.2) is 5.78 Å². The minimum absolute atomic E-state index is 0.0630. The second-order valence-electron chi connectivity index (χ2n) is 2.76. The van der Waals surface area contributed by atoms with Crippen LogP contribution in [-0.2, 0) is 0 Å². The molecule has 1 N–H and O–H groups in total. The lowest BCUT2D eigenvalue weighted by molar-refractivity contribution is -0.384. The quantitative estimate of drug-likeness (QED) is 0.441. The number of hydrogen-bond donors (Lipinski definition) is 1. The smallest absolute Gasteiger partial charge is 0.270 e. The predicted molar refractivity (Wildman–Crippen MR) is 51.4 cm³/mol. The molecule has 0 fully saturated rings. The minimum atomic E-state index is -0.518. The number of nitro groups is 1. The van der Waals surface area contributed by atoms with E-state index in [0.29, 0.717) is 5.56 Å². The molecule has 14 heavy (non-hydrogen) atoms. The van der Waals surface area contributed by atoms with Gasteiger partial charge in [-0.25, -0.2) is 0 Å². The van der Waals surface area contributed by atoms with E-state index < -0.39 is 4.92 Å². The zero-order valence-electron chi connectivity index (χ0n) is 7.69. The molecule has 0 spiro atoms. The lowest BCUT2D eigenvalue weighted by Gasteiger charge is -1.99. The average molecular weight is 194 g/mol. The normalized spacial score (nSPS) is 9.79. The second kappa shape index (κ2) is 4.48. The Hall–Kier alpha value is -1.75. The lowest BCUT2D eigenvalue weighted by atomic mass is 10.1. The third-order valence-corrected chi connectivity index (χ3v) is 1.72. The van der Waals surface area contributed by atoms with Crippen molar-refractivity contribution in [2.45, 2.75) is 0 Å². The van der Waals surface area contributed by atoms with Crippen molar-refractivity contribution < 1.29 is 9.72 Å². The molecule has 0 aromatic heterocycles. The molecule has 0 saturated heterocycles. The Morgan fingerprint density at radius 2 is 2.29 bits per heavy atom. The van der Waals surface area contributed by atoms with Crippen molar-refractivity contribution >= 4 is 11.5 Å². The van der Waals surface area contributed by atoms with Crippen LogP contribution in [0.4, 0.5) is 5.69 Å². The molecule has 0 unspecified atom stereocenters. The summed E-state index contributed by atoms with van der Waals surface area (Å²) in [4.78, 5) is 21.2. The van der Waals surface area contributed by atoms with Gasteiger partial charge in [-0.3, -0.25) is 14.9 Å². The summed E-state index contributed by atoms with van der Waals surface area (Å²) in [6.45, 7) is 0.182. The Morgan fingerprint density at radius 3 is 2.86 bits per heavy atom. The molecule has 5 nitrogen and oxygen atoms in total. The largest absolute Gasteiger partial charge is 0.313 e. The molecule has 0 radical (unpaired) electrons. The molecular formula is C9H10N2O3. The van der Waals surface area contributed by atoms with Gasteiger partial charge in [-0.15, -0.1) is 0 Å². The van der Waals surface area contributed by atoms with Gasteiger partial charge in [0.25, 0.3) is 5.69 Å². The van der Waals surface area contributed by atoms with E-state index in [1.54, 1.807) is 13.1 Å². The van der Waals surface area contributed by atoms with Crippen molar-refractivity contribution in [3.8, 4) is 0 Å². The number of benzene rings is 1. The number of hydrogen-bond acceptors (Lipinski definition) is 4. The number of rotatable bonds is 4. The number of carbonyl (C=O) groups is 1. The lowest BCUT2D eigenvalue weighted by Crippen LogP contribution is -2.18. The number of ketones is 1. The monoisotopic (exact) mass is 194 g/mol. The summed E-state index contributed by atoms with van der Waals surface area (Å²) in [5.74, 6) is -0.156. The summed E-state index contributed by atoms with van der Waals surface area (Å²) in [5.41, 5.74) is 0.292. The maximum absolute atomic E-state index is 11.3. The van der Waals surface area contributed by atoms with Crippen LogP contribution in [0.2, 0.25) is 0 Å². The van der Waals surface area contributed by atoms with Gasteiger partial charge in [-0.1, -0.05) is 12.1 Å². The number of likely N-dealkylation sites (N-methyl/N-ethyl adjacent to an activating group) is 1. The summed E-state index contributed by atoms with van der Waals surface area (Å²) in [6, 6.07) is 5.70. The number of nitrogens with zero attached hydrogens (tertiary/aromatic N) is 1. The van der Waals surface area contributed by atoms with Crippen LogP contribution >= 0.6 is 0 Å². The third-order valence-electron chi connectivity index (χ3n) is 1.72. The van der Waals surface area contributed by atoms with Crippen LogP contribution in [0, 0.1) is 10.1 Å². The molecular weight excluding hydrogens is 184 g/mol. The maximum Gasteiger partial charge on any atom is 0.270 e. The molecule has 1 aromatic carbocycles. The number of nitro benzene ring substituents is 1. The molecule has 0 aliphatic heterocycles. The standard InChI is InChI=1S/C9H10N2O3/c1-10-6-9(12)7-3-2-4-8(5-7)11(13)14/h2-5,10H,6H2,1H3. The fraction of sp³-hybridized carbons (Fsp3) is 0.222. The topological polar surface area (TPSA) is 72.2 Å². The van der Waals surface area contributed by atoms with E-state index in [0.717, 1.165) is 0 Å². The Bertz CT molecular complexity index is 363. The minimum Gasteiger partial charge on any atom is -0.313 e. The summed E-state index contributed by atoms with van der Waals surface area (Å²) < 4.78 is 0. The SMILES string of the molecule is CNCC(=O)c1cccc([N+](=O)[O-])c1. The van der Waals surface area contributed by atoms with Crippen LogP contribution in [0.3, 0.4) is 0 Å². The van der Waals surface area contributed by atoms with Gasteiger partial charge in [-0.05, 0) is 7.05 Å². The van der Waals surface area contributed by atoms with Gasteiger partial charge >= 0.3 is 0 Å². The molecule has 0 amide bonds. The van der Waals surface area contributed by atoms with Crippen molar-refractivity contribution in [3.05, 3.63) is 39.9 Å². The first-order valence-electron chi connectivity index (χ1n) is 4.07. The zero-order valence-corrected chi connectivity index (χ0v) is 7.69. The molecule has 1 rings (SSSR count). The van der Waals surface area contributed by atoms with Gasteiger partial charge in [0.05, 0.1) is 11.5 Å². The number of non-ortho nitro benzene ring substituents is 1. The van der Waals surface area contributed by atoms with Gasteiger partial charge in [-0.2, -0.15) is 0 Å². The van der Waals surface area contributed by atoms with E-state index in [1.165, 1.54) is 18.2 Å². The summed E-state index contributed by atoms with van der Waals surface area (Å²) in [5, 5.41) is 13.1. The van der Waals surface area contributed by atoms with Gasteiger partial charge in [0, 0.05) is 17.7 Å². The van der Waals surface area contributed by atoms with Crippen LogP contribution in [0.15, 0.2) is 24.3 Å². The van der Waals surface area contributed by atoms with E-state index in [4.69, 9.17) is 0 Å². The summed E-state index contributed by atoms with van der Waals surface area (Å²) in [6.07, 6.45) is 0. The van der Waals surface area contributed by atoms with Crippen LogP contribution in [0.5, 0.6) is 0 Å². The first kappa shape index (κ1) is 10.3. The van der Waals surface area contributed by atoms with Crippen LogP contribution < -0.4 is 5.32 Å². The van der Waals surface area contributed by atoms with Crippen LogP contribution in [0.1, 0.15) is 10.4 Å². The predicted octanol–water partition coefficient (Wildman–Crippen LogP) is 0.997. The van der Waals surface area contributed by atoms with E-state index in [-0.39, 0.29) is 18.0 Å². The van der Waals surface area contributed by atoms with E-state index in [9.17, 15) is 14.9 Å². The maximum atomic E-state index is 11.3. The van der Waals surface area contributed by atoms with Crippen molar-refractivity contribution in [1.29, 1.82) is 0 Å². The van der Waals surface area contributed by atoms with Crippen LogP contribution in [0.25, 0.3) is 0 Å². The molecule has 0 aliphatic rings. The summed E-state index contributed by atoms with van der Waals surface area (Å²) in [7, 11) is 1.65. The van der Waals surface area contributed by atoms with E-state index in [1.807, 2.05) is 0 Å². The number of carbonyl (C=O) groups excluding carboxylic acids is 1. The highest BCUT2D eigenvalue weighted by Gasteiger charge is 2.10. The molecule has 0 saturated carbocycles. The third kappa shape index (κ3) is 2.37. The molecule has 74 valence electrons. The van der Waals surface area contributed by atoms with Gasteiger partial charge in [0.2, 0.25) is 0 Å². The first-order chi connectivity index (χ1) is 6.65. The Labute approximate surface area is 80.9 Å². The van der Waals surface area contributed by atoms with Gasteiger partial charge < -0.3 is 5.32 Å². The molecule has 0 atom stereocenters. The number of nitrogens with one attached hydrogen (secondary N) is 1. The summed E-state index contributed by atoms with van der Waals surface area (Å²) >= 11 is 0. The van der Waals surface area contributed by atoms with Crippen LogP contribution in [-0.4, -0.2) is 24.3 Å². The zero-order chi connectivity index (χ0) is 10.6. The fourth-order valence-electron chi connectivity index (χ4n) is 1.06. The van der Waals surface area contributed by atoms with Crippen molar-refractivity contribution in [2.24, 2.45) is 0 Å². The van der Waals surface area contributed by atoms with E-state index in [2.05, 4.69) is 5.32 Å². The van der Waals surface area contributed by atoms with E-state index >= 15 is 0 Å². The highest BCUT2D eigenvalue weighted by Crippen LogP contribution is 2.13. The highest BCUT2D eigenvalue weighted by molar-refractivity contribution is 5.98. The Morgan fingerprint density at radius 1 is 1.57 bits per heavy atom. The molecule has 1 aromatic rings. The molecule has 0 aliphatic carbocycles. The van der Waals surface area contributed by atoms with Crippen molar-refractivity contribution in [1.82, 2.24) is 5.32 Å². The second-order valence-corrected chi connectivity index (χ2v) is 2.76. The molecule has 5 heteroatoms. The average Bonchev–Trinajstić information content (AvgIpc) is 2.18. The van der Waals surface area contributed by atoms with Crippen molar-refractivity contribution in [2.75, 3.05) is 13.6 Å². The molecule has 0 bridgehead atoms. The fourth-order valence-corrected chi connectivity index (χ4v) is 1.06.